The van der Waals surface area contributed by atoms with Crippen LogP contribution in [0.5, 0.6) is 5.75 Å². The Balaban J connectivity index is 1.55. The van der Waals surface area contributed by atoms with Gasteiger partial charge in [0.1, 0.15) is 29.7 Å². The summed E-state index contributed by atoms with van der Waals surface area (Å²) in [6, 6.07) is 22.9. The minimum absolute atomic E-state index is 0.0807. The Morgan fingerprint density at radius 2 is 1.48 bits per heavy atom. The molecule has 10 nitrogen and oxygen atoms in total. The molecular weight excluding hydrogens is 702 g/mol. The van der Waals surface area contributed by atoms with Crippen LogP contribution in [0.3, 0.4) is 0 Å². The molecular formula is C39H44BrN3O7. The van der Waals surface area contributed by atoms with E-state index in [-0.39, 0.29) is 31.2 Å². The van der Waals surface area contributed by atoms with E-state index in [9.17, 15) is 19.2 Å². The number of rotatable bonds is 12. The Morgan fingerprint density at radius 1 is 0.860 bits per heavy atom. The molecule has 0 spiro atoms. The molecule has 0 aliphatic rings. The van der Waals surface area contributed by atoms with Gasteiger partial charge in [-0.15, -0.1) is 0 Å². The van der Waals surface area contributed by atoms with Gasteiger partial charge >= 0.3 is 12.1 Å². The monoisotopic (exact) mass is 745 g/mol. The van der Waals surface area contributed by atoms with Gasteiger partial charge in [0, 0.05) is 17.1 Å². The molecule has 1 heterocycles. The highest BCUT2D eigenvalue weighted by atomic mass is 79.9. The number of amides is 2. The summed E-state index contributed by atoms with van der Waals surface area (Å²) in [4.78, 5) is 53.5. The van der Waals surface area contributed by atoms with Crippen molar-refractivity contribution >= 4 is 39.6 Å². The Hall–Kier alpha value is -4.90. The number of pyridine rings is 1. The summed E-state index contributed by atoms with van der Waals surface area (Å²) in [7, 11) is 1.58. The molecule has 2 N–H and O–H groups in total. The van der Waals surface area contributed by atoms with Gasteiger partial charge in [-0.1, -0.05) is 66.7 Å². The molecule has 0 unspecified atom stereocenters. The second-order valence-corrected chi connectivity index (χ2v) is 14.4. The number of methoxy groups -OCH3 is 1. The molecule has 11 heteroatoms. The lowest BCUT2D eigenvalue weighted by Gasteiger charge is -2.25. The van der Waals surface area contributed by atoms with Gasteiger partial charge in [0.25, 0.3) is 5.56 Å². The Bertz CT molecular complexity index is 1860. The molecule has 0 saturated carbocycles. The van der Waals surface area contributed by atoms with E-state index in [0.717, 1.165) is 16.7 Å². The molecule has 4 aromatic rings. The average molecular weight is 747 g/mol. The van der Waals surface area contributed by atoms with E-state index in [1.54, 1.807) is 79.1 Å². The summed E-state index contributed by atoms with van der Waals surface area (Å²) < 4.78 is 18.4. The van der Waals surface area contributed by atoms with Gasteiger partial charge in [0.2, 0.25) is 5.91 Å². The van der Waals surface area contributed by atoms with Crippen LogP contribution in [0.1, 0.15) is 62.4 Å². The van der Waals surface area contributed by atoms with Gasteiger partial charge in [0.05, 0.1) is 19.1 Å². The number of benzene rings is 3. The van der Waals surface area contributed by atoms with Crippen LogP contribution in [0.4, 0.5) is 10.5 Å². The van der Waals surface area contributed by atoms with Crippen LogP contribution in [0, 0.1) is 6.92 Å². The summed E-state index contributed by atoms with van der Waals surface area (Å²) in [5, 5.41) is 5.45. The Morgan fingerprint density at radius 3 is 2.08 bits per heavy atom. The molecule has 0 aliphatic heterocycles. The molecule has 0 aliphatic carbocycles. The lowest BCUT2D eigenvalue weighted by atomic mass is 9.84. The van der Waals surface area contributed by atoms with Crippen molar-refractivity contribution in [3.8, 4) is 5.75 Å². The summed E-state index contributed by atoms with van der Waals surface area (Å²) in [5.74, 6) is -0.276. The van der Waals surface area contributed by atoms with Crippen LogP contribution < -0.4 is 20.9 Å². The first kappa shape index (κ1) is 37.9. The fourth-order valence-electron chi connectivity index (χ4n) is 5.09. The maximum absolute atomic E-state index is 13.9. The molecule has 0 radical (unpaired) electrons. The van der Waals surface area contributed by atoms with E-state index in [4.69, 9.17) is 14.2 Å². The topological polar surface area (TPSA) is 125 Å². The Labute approximate surface area is 301 Å². The molecule has 1 aromatic heterocycles. The SMILES string of the molecule is COc1ccc(Cn2cc(Br)c(C)c(NC(=O)[C@H](Cc3ccc(C(C)(C)C(=O)OCc4ccccc4)cc3)NC(=O)OC(C)(C)C)c2=O)cc1. The van der Waals surface area contributed by atoms with Crippen LogP contribution in [0.25, 0.3) is 0 Å². The van der Waals surface area contributed by atoms with Gasteiger partial charge in [-0.25, -0.2) is 4.79 Å². The zero-order valence-corrected chi connectivity index (χ0v) is 31.1. The number of ether oxygens (including phenoxy) is 3. The number of halogens is 1. The van der Waals surface area contributed by atoms with Crippen molar-refractivity contribution in [3.63, 3.8) is 0 Å². The number of nitrogens with zero attached hydrogens (tertiary/aromatic N) is 1. The van der Waals surface area contributed by atoms with Crippen molar-refractivity contribution in [2.45, 2.75) is 78.2 Å². The highest BCUT2D eigenvalue weighted by molar-refractivity contribution is 9.10. The first-order valence-electron chi connectivity index (χ1n) is 16.2. The third-order valence-electron chi connectivity index (χ3n) is 8.08. The van der Waals surface area contributed by atoms with Crippen molar-refractivity contribution in [3.05, 3.63) is 128 Å². The second-order valence-electron chi connectivity index (χ2n) is 13.5. The quantitative estimate of drug-likeness (QED) is 0.149. The number of hydrogen-bond acceptors (Lipinski definition) is 7. The van der Waals surface area contributed by atoms with E-state index in [1.165, 1.54) is 4.57 Å². The number of esters is 1. The van der Waals surface area contributed by atoms with E-state index in [2.05, 4.69) is 26.6 Å². The van der Waals surface area contributed by atoms with Crippen molar-refractivity contribution in [2.75, 3.05) is 12.4 Å². The van der Waals surface area contributed by atoms with E-state index in [1.807, 2.05) is 54.6 Å². The van der Waals surface area contributed by atoms with E-state index >= 15 is 0 Å². The molecule has 0 saturated heterocycles. The maximum Gasteiger partial charge on any atom is 0.408 e. The van der Waals surface area contributed by atoms with Gasteiger partial charge < -0.3 is 29.4 Å². The van der Waals surface area contributed by atoms with Gasteiger partial charge in [0.15, 0.2) is 0 Å². The number of nitrogens with one attached hydrogen (secondary N) is 2. The first-order chi connectivity index (χ1) is 23.6. The standard InChI is InChI=1S/C39H44BrN3O7/c1-25-31(40)23-43(22-27-15-19-30(48-7)20-16-27)35(45)33(25)42-34(44)32(41-37(47)50-38(2,3)4)21-26-13-17-29(18-14-26)39(5,6)36(46)49-24-28-11-9-8-10-12-28/h8-20,23,32H,21-22,24H2,1-7H3,(H,41,47)(H,42,44)/t32-/m0/s1. The molecule has 4 rings (SSSR count). The van der Waals surface area contributed by atoms with Crippen molar-refractivity contribution in [2.24, 2.45) is 0 Å². The van der Waals surface area contributed by atoms with E-state index < -0.39 is 34.6 Å². The summed E-state index contributed by atoms with van der Waals surface area (Å²) >= 11 is 3.52. The summed E-state index contributed by atoms with van der Waals surface area (Å²) in [6.07, 6.45) is 0.977. The summed E-state index contributed by atoms with van der Waals surface area (Å²) in [5.41, 5.74) is 1.66. The van der Waals surface area contributed by atoms with Crippen molar-refractivity contribution in [1.82, 2.24) is 9.88 Å². The predicted molar refractivity (Wildman–Crippen MR) is 196 cm³/mol. The van der Waals surface area contributed by atoms with Crippen LogP contribution in [-0.4, -0.2) is 41.3 Å². The first-order valence-corrected chi connectivity index (χ1v) is 17.0. The third kappa shape index (κ3) is 10.1. The van der Waals surface area contributed by atoms with E-state index in [0.29, 0.717) is 21.3 Å². The van der Waals surface area contributed by atoms with Crippen molar-refractivity contribution in [1.29, 1.82) is 0 Å². The second kappa shape index (κ2) is 16.2. The summed E-state index contributed by atoms with van der Waals surface area (Å²) in [6.45, 7) is 10.9. The normalized spacial score (nSPS) is 12.1. The zero-order valence-electron chi connectivity index (χ0n) is 29.5. The number of carbonyl (C=O) groups excluding carboxylic acids is 3. The number of hydrogen-bond donors (Lipinski definition) is 2. The molecule has 0 fully saturated rings. The molecule has 50 heavy (non-hydrogen) atoms. The van der Waals surface area contributed by atoms with Crippen LogP contribution in [0.15, 0.2) is 94.3 Å². The minimum atomic E-state index is -1.10. The zero-order chi connectivity index (χ0) is 36.6. The lowest BCUT2D eigenvalue weighted by molar-refractivity contribution is -0.150. The smallest absolute Gasteiger partial charge is 0.408 e. The maximum atomic E-state index is 13.9. The molecule has 1 atom stereocenters. The largest absolute Gasteiger partial charge is 0.497 e. The number of carbonyl (C=O) groups is 3. The Kier molecular flexibility index (Phi) is 12.3. The number of alkyl carbamates (subject to hydrolysis) is 1. The highest BCUT2D eigenvalue weighted by Crippen LogP contribution is 2.27. The molecule has 264 valence electrons. The van der Waals surface area contributed by atoms with Gasteiger partial charge in [-0.05, 0) is 97.4 Å². The van der Waals surface area contributed by atoms with Crippen LogP contribution in [-0.2, 0) is 44.1 Å². The third-order valence-corrected chi connectivity index (χ3v) is 8.88. The molecule has 2 amide bonds. The average Bonchev–Trinajstić information content (AvgIpc) is 3.07. The molecule has 0 bridgehead atoms. The van der Waals surface area contributed by atoms with Gasteiger partial charge in [-0.3, -0.25) is 14.4 Å². The van der Waals surface area contributed by atoms with Gasteiger partial charge in [-0.2, -0.15) is 0 Å². The van der Waals surface area contributed by atoms with Crippen LogP contribution >= 0.6 is 15.9 Å². The lowest BCUT2D eigenvalue weighted by Crippen LogP contribution is -2.47. The fourth-order valence-corrected chi connectivity index (χ4v) is 5.54. The minimum Gasteiger partial charge on any atom is -0.497 e. The highest BCUT2D eigenvalue weighted by Gasteiger charge is 2.32. The fraction of sp³-hybridized carbons (Fsp3) is 0.333. The number of aromatic nitrogens is 1. The molecule has 3 aromatic carbocycles. The number of anilines is 1. The van der Waals surface area contributed by atoms with Crippen molar-refractivity contribution < 1.29 is 28.6 Å². The van der Waals surface area contributed by atoms with Crippen LogP contribution in [0.2, 0.25) is 0 Å². The predicted octanol–water partition coefficient (Wildman–Crippen LogP) is 7.07.